The van der Waals surface area contributed by atoms with Crippen molar-refractivity contribution in [2.75, 3.05) is 12.0 Å². The molecule has 13 heteroatoms. The van der Waals surface area contributed by atoms with Crippen molar-refractivity contribution in [2.24, 2.45) is 0 Å². The molecule has 2 aromatic rings. The number of sulfone groups is 1. The molecule has 7 nitrogen and oxygen atoms in total. The number of nitrogens with zero attached hydrogens (tertiary/aromatic N) is 1. The Hall–Kier alpha value is -1.44. The maximum Gasteiger partial charge on any atom is 0.416 e. The number of nitrogens with one attached hydrogen (secondary N) is 1. The molecule has 1 aromatic heterocycles. The van der Waals surface area contributed by atoms with Crippen LogP contribution in [0, 0.1) is 5.41 Å². The highest BCUT2D eigenvalue weighted by molar-refractivity contribution is 7.90. The zero-order valence-corrected chi connectivity index (χ0v) is 15.1. The third-order valence-corrected chi connectivity index (χ3v) is 5.70. The van der Waals surface area contributed by atoms with Crippen LogP contribution >= 0.6 is 11.3 Å². The van der Waals surface area contributed by atoms with Gasteiger partial charge < -0.3 is 4.57 Å². The van der Waals surface area contributed by atoms with Crippen molar-refractivity contribution in [3.05, 3.63) is 28.1 Å². The number of aromatic nitrogens is 1. The number of hydrogen-bond donors (Lipinski definition) is 2. The summed E-state index contributed by atoms with van der Waals surface area (Å²) in [5.74, 6) is -0.574. The van der Waals surface area contributed by atoms with Crippen molar-refractivity contribution in [1.82, 2.24) is 4.57 Å². The fourth-order valence-corrected chi connectivity index (χ4v) is 4.66. The van der Waals surface area contributed by atoms with Crippen LogP contribution in [0.2, 0.25) is 0 Å². The summed E-state index contributed by atoms with van der Waals surface area (Å²) >= 11 is 0.932. The van der Waals surface area contributed by atoms with Gasteiger partial charge in [0.2, 0.25) is 0 Å². The van der Waals surface area contributed by atoms with Crippen molar-refractivity contribution < 1.29 is 34.6 Å². The second kappa shape index (κ2) is 6.37. The monoisotopic (exact) mass is 418 g/mol. The molecule has 140 valence electrons. The highest BCUT2D eigenvalue weighted by Gasteiger charge is 2.33. The average molecular weight is 418 g/mol. The number of rotatable bonds is 0. The van der Waals surface area contributed by atoms with Crippen molar-refractivity contribution in [3.63, 3.8) is 0 Å². The summed E-state index contributed by atoms with van der Waals surface area (Å²) in [5.41, 5.74) is -0.304. The molecule has 0 saturated carbocycles. The van der Waals surface area contributed by atoms with E-state index in [1.807, 2.05) is 0 Å². The maximum absolute atomic E-state index is 12.9. The third-order valence-electron chi connectivity index (χ3n) is 3.20. The number of halogens is 3. The summed E-state index contributed by atoms with van der Waals surface area (Å²) in [7, 11) is -7.12. The van der Waals surface area contributed by atoms with Crippen LogP contribution in [0.5, 0.6) is 0 Å². The number of alkyl halides is 3. The number of thiazole rings is 1. The van der Waals surface area contributed by atoms with Crippen LogP contribution in [-0.2, 0) is 38.4 Å². The fourth-order valence-electron chi connectivity index (χ4n) is 2.34. The minimum absolute atomic E-state index is 0.0673. The normalized spacial score (nSPS) is 16.8. The van der Waals surface area contributed by atoms with E-state index in [1.165, 1.54) is 4.57 Å². The third kappa shape index (κ3) is 5.03. The van der Waals surface area contributed by atoms with Gasteiger partial charge in [-0.25, -0.2) is 8.42 Å². The highest BCUT2D eigenvalue weighted by Crippen LogP contribution is 2.35. The zero-order chi connectivity index (χ0) is 19.2. The Balaban J connectivity index is 0.000000399. The Labute approximate surface area is 144 Å². The Morgan fingerprint density at radius 1 is 1.32 bits per heavy atom. The van der Waals surface area contributed by atoms with Crippen LogP contribution in [0.4, 0.5) is 13.2 Å². The SMILES string of the molecule is CS(=O)(=O)O.N=c1sc2cc(C(F)(F)F)cc3c2n1CCS(=O)(=O)C3. The van der Waals surface area contributed by atoms with Gasteiger partial charge in [-0.3, -0.25) is 9.96 Å². The van der Waals surface area contributed by atoms with Gasteiger partial charge in [0.05, 0.1) is 33.5 Å². The summed E-state index contributed by atoms with van der Waals surface area (Å²) in [4.78, 5) is 0.0673. The molecule has 3 rings (SSSR count). The summed E-state index contributed by atoms with van der Waals surface area (Å²) in [6, 6.07) is 1.86. The van der Waals surface area contributed by atoms with Gasteiger partial charge in [-0.05, 0) is 17.7 Å². The predicted molar refractivity (Wildman–Crippen MR) is 85.6 cm³/mol. The van der Waals surface area contributed by atoms with Crippen molar-refractivity contribution >= 4 is 41.5 Å². The molecule has 0 spiro atoms. The lowest BCUT2D eigenvalue weighted by Gasteiger charge is -2.09. The van der Waals surface area contributed by atoms with Gasteiger partial charge in [0, 0.05) is 6.54 Å². The molecule has 0 bridgehead atoms. The second-order valence-electron chi connectivity index (χ2n) is 5.36. The molecule has 1 aliphatic heterocycles. The summed E-state index contributed by atoms with van der Waals surface area (Å²) in [6.45, 7) is 0.111. The van der Waals surface area contributed by atoms with Gasteiger partial charge in [0.1, 0.15) is 0 Å². The van der Waals surface area contributed by atoms with Crippen LogP contribution in [0.15, 0.2) is 12.1 Å². The van der Waals surface area contributed by atoms with Crippen molar-refractivity contribution in [1.29, 1.82) is 5.41 Å². The molecule has 2 heterocycles. The smallest absolute Gasteiger partial charge is 0.316 e. The molecule has 0 saturated heterocycles. The number of aryl methyl sites for hydroxylation is 1. The van der Waals surface area contributed by atoms with Crippen LogP contribution in [0.25, 0.3) is 10.2 Å². The minimum Gasteiger partial charge on any atom is -0.316 e. The first-order valence-corrected chi connectivity index (χ1v) is 11.1. The summed E-state index contributed by atoms with van der Waals surface area (Å²) in [5, 5.41) is 7.79. The van der Waals surface area contributed by atoms with E-state index in [1.54, 1.807) is 0 Å². The van der Waals surface area contributed by atoms with Gasteiger partial charge in [0.25, 0.3) is 10.1 Å². The van der Waals surface area contributed by atoms with Crippen LogP contribution in [0.3, 0.4) is 0 Å². The van der Waals surface area contributed by atoms with E-state index in [2.05, 4.69) is 0 Å². The predicted octanol–water partition coefficient (Wildman–Crippen LogP) is 1.63. The van der Waals surface area contributed by atoms with Gasteiger partial charge in [-0.15, -0.1) is 0 Å². The first-order valence-electron chi connectivity index (χ1n) is 6.58. The number of benzene rings is 1. The molecule has 0 amide bonds. The maximum atomic E-state index is 12.9. The molecule has 1 aromatic carbocycles. The van der Waals surface area contributed by atoms with Crippen LogP contribution in [0.1, 0.15) is 11.1 Å². The highest BCUT2D eigenvalue weighted by atomic mass is 32.2. The topological polar surface area (TPSA) is 117 Å². The Morgan fingerprint density at radius 3 is 2.40 bits per heavy atom. The Kier molecular flexibility index (Phi) is 5.07. The first-order chi connectivity index (χ1) is 11.2. The van der Waals surface area contributed by atoms with Gasteiger partial charge in [-0.1, -0.05) is 11.3 Å². The molecule has 0 atom stereocenters. The lowest BCUT2D eigenvalue weighted by molar-refractivity contribution is -0.137. The molecule has 1 aliphatic rings. The van der Waals surface area contributed by atoms with E-state index in [0.717, 1.165) is 23.5 Å². The van der Waals surface area contributed by atoms with E-state index >= 15 is 0 Å². The van der Waals surface area contributed by atoms with E-state index < -0.39 is 37.4 Å². The van der Waals surface area contributed by atoms with E-state index in [4.69, 9.17) is 9.96 Å². The largest absolute Gasteiger partial charge is 0.416 e. The summed E-state index contributed by atoms with van der Waals surface area (Å²) < 4.78 is 89.8. The molecular weight excluding hydrogens is 405 g/mol. The Morgan fingerprint density at radius 2 is 1.88 bits per heavy atom. The Bertz CT molecular complexity index is 1070. The van der Waals surface area contributed by atoms with Crippen LogP contribution in [-0.4, -0.2) is 38.0 Å². The number of hydrogen-bond acceptors (Lipinski definition) is 6. The minimum atomic E-state index is -4.53. The summed E-state index contributed by atoms with van der Waals surface area (Å²) in [6.07, 6.45) is -3.81. The molecule has 0 aliphatic carbocycles. The quantitative estimate of drug-likeness (QED) is 0.631. The van der Waals surface area contributed by atoms with E-state index in [9.17, 15) is 30.0 Å². The fraction of sp³-hybridized carbons (Fsp3) is 0.417. The molecule has 0 unspecified atom stereocenters. The van der Waals surface area contributed by atoms with Crippen molar-refractivity contribution in [2.45, 2.75) is 18.5 Å². The molecule has 0 fully saturated rings. The van der Waals surface area contributed by atoms with Crippen molar-refractivity contribution in [3.8, 4) is 0 Å². The first kappa shape index (κ1) is 19.9. The van der Waals surface area contributed by atoms with Gasteiger partial charge in [-0.2, -0.15) is 21.6 Å². The lowest BCUT2D eigenvalue weighted by atomic mass is 10.1. The van der Waals surface area contributed by atoms with E-state index in [0.29, 0.717) is 16.5 Å². The molecule has 25 heavy (non-hydrogen) atoms. The van der Waals surface area contributed by atoms with Crippen LogP contribution < -0.4 is 4.80 Å². The van der Waals surface area contributed by atoms with Gasteiger partial charge in [0.15, 0.2) is 14.6 Å². The molecule has 0 radical (unpaired) electrons. The average Bonchev–Trinajstić information content (AvgIpc) is 2.60. The second-order valence-corrected chi connectivity index (χ2v) is 10.0. The standard InChI is InChI=1S/C11H9F3N2O2S2.CH4O3S/c12-11(13,14)7-3-6-5-20(17,18)2-1-16-9(6)8(4-7)19-10(16)15;1-5(2,3)4/h3-4,15H,1-2,5H2;1H3,(H,2,3,4). The van der Waals surface area contributed by atoms with E-state index in [-0.39, 0.29) is 22.7 Å². The molecule has 2 N–H and O–H groups in total. The van der Waals surface area contributed by atoms with Gasteiger partial charge >= 0.3 is 6.18 Å². The lowest BCUT2D eigenvalue weighted by Crippen LogP contribution is -2.17. The molecular formula is C12H13F3N2O5S3. The zero-order valence-electron chi connectivity index (χ0n) is 12.7.